The van der Waals surface area contributed by atoms with Gasteiger partial charge in [-0.2, -0.15) is 0 Å². The number of aliphatic hydroxyl groups excluding tert-OH is 1. The Morgan fingerprint density at radius 3 is 2.61 bits per heavy atom. The highest BCUT2D eigenvalue weighted by Crippen LogP contribution is 2.19. The van der Waals surface area contributed by atoms with Gasteiger partial charge in [0.05, 0.1) is 6.61 Å². The topological polar surface area (TPSA) is 40.5 Å². The Morgan fingerprint density at radius 2 is 1.89 bits per heavy atom. The van der Waals surface area contributed by atoms with Gasteiger partial charge in [0.25, 0.3) is 5.91 Å². The molecule has 2 rings (SSSR count). The van der Waals surface area contributed by atoms with Gasteiger partial charge in [0.2, 0.25) is 0 Å². The molecule has 0 aliphatic rings. The van der Waals surface area contributed by atoms with Gasteiger partial charge >= 0.3 is 0 Å². The second-order valence-electron chi connectivity index (χ2n) is 4.14. The Kier molecular flexibility index (Phi) is 3.95. The summed E-state index contributed by atoms with van der Waals surface area (Å²) in [4.78, 5) is 14.0. The Labute approximate surface area is 107 Å². The van der Waals surface area contributed by atoms with Gasteiger partial charge in [0, 0.05) is 18.7 Å². The summed E-state index contributed by atoms with van der Waals surface area (Å²) in [6.07, 6.45) is 0. The molecule has 1 amide bonds. The molecular formula is C15H17NO2. The summed E-state index contributed by atoms with van der Waals surface area (Å²) in [6.45, 7) is 2.88. The quantitative estimate of drug-likeness (QED) is 0.895. The molecule has 0 saturated heterocycles. The van der Waals surface area contributed by atoms with E-state index in [2.05, 4.69) is 0 Å². The van der Waals surface area contributed by atoms with Crippen LogP contribution in [0.2, 0.25) is 0 Å². The van der Waals surface area contributed by atoms with Gasteiger partial charge in [0.15, 0.2) is 0 Å². The third-order valence-corrected chi connectivity index (χ3v) is 3.06. The Bertz CT molecular complexity index is 546. The first kappa shape index (κ1) is 12.6. The van der Waals surface area contributed by atoms with Crippen molar-refractivity contribution in [2.45, 2.75) is 6.92 Å². The number of carbonyl (C=O) groups excluding carboxylic acids is 1. The molecule has 0 atom stereocenters. The van der Waals surface area contributed by atoms with E-state index in [-0.39, 0.29) is 12.5 Å². The van der Waals surface area contributed by atoms with Crippen molar-refractivity contribution in [1.82, 2.24) is 4.90 Å². The minimum absolute atomic E-state index is 0.00958. The summed E-state index contributed by atoms with van der Waals surface area (Å²) in [5.41, 5.74) is 0.698. The van der Waals surface area contributed by atoms with E-state index in [0.29, 0.717) is 18.7 Å². The maximum Gasteiger partial charge on any atom is 0.254 e. The molecule has 18 heavy (non-hydrogen) atoms. The average molecular weight is 243 g/mol. The van der Waals surface area contributed by atoms with Crippen molar-refractivity contribution in [3.05, 3.63) is 48.0 Å². The molecule has 1 N–H and O–H groups in total. The molecular weight excluding hydrogens is 226 g/mol. The normalized spacial score (nSPS) is 10.6. The summed E-state index contributed by atoms with van der Waals surface area (Å²) in [6, 6.07) is 13.6. The van der Waals surface area contributed by atoms with Crippen LogP contribution < -0.4 is 0 Å². The summed E-state index contributed by atoms with van der Waals surface area (Å²) >= 11 is 0. The number of benzene rings is 2. The van der Waals surface area contributed by atoms with Crippen LogP contribution in [0.3, 0.4) is 0 Å². The molecule has 3 heteroatoms. The van der Waals surface area contributed by atoms with Crippen molar-refractivity contribution in [3.63, 3.8) is 0 Å². The number of likely N-dealkylation sites (N-methyl/N-ethyl adjacent to an activating group) is 1. The van der Waals surface area contributed by atoms with Crippen LogP contribution in [0.25, 0.3) is 10.8 Å². The first-order chi connectivity index (χ1) is 8.77. The molecule has 0 fully saturated rings. The molecule has 0 aliphatic heterocycles. The lowest BCUT2D eigenvalue weighted by Crippen LogP contribution is -2.33. The van der Waals surface area contributed by atoms with Gasteiger partial charge in [-0.3, -0.25) is 4.79 Å². The lowest BCUT2D eigenvalue weighted by molar-refractivity contribution is 0.0734. The monoisotopic (exact) mass is 243 g/mol. The number of aliphatic hydroxyl groups is 1. The summed E-state index contributed by atoms with van der Waals surface area (Å²) < 4.78 is 0. The van der Waals surface area contributed by atoms with E-state index < -0.39 is 0 Å². The van der Waals surface area contributed by atoms with E-state index in [1.807, 2.05) is 49.4 Å². The third kappa shape index (κ3) is 2.36. The minimum atomic E-state index is -0.0247. The maximum atomic E-state index is 12.4. The fraction of sp³-hybridized carbons (Fsp3) is 0.267. The minimum Gasteiger partial charge on any atom is -0.395 e. The number of hydrogen-bond donors (Lipinski definition) is 1. The SMILES string of the molecule is CCN(CCO)C(=O)c1cccc2ccccc12. The van der Waals surface area contributed by atoms with Crippen LogP contribution in [0.1, 0.15) is 17.3 Å². The fourth-order valence-corrected chi connectivity index (χ4v) is 2.11. The van der Waals surface area contributed by atoms with E-state index in [9.17, 15) is 4.79 Å². The summed E-state index contributed by atoms with van der Waals surface area (Å²) in [7, 11) is 0. The molecule has 3 nitrogen and oxygen atoms in total. The first-order valence-corrected chi connectivity index (χ1v) is 6.15. The van der Waals surface area contributed by atoms with Crippen LogP contribution in [-0.4, -0.2) is 35.6 Å². The molecule has 2 aromatic carbocycles. The molecule has 94 valence electrons. The van der Waals surface area contributed by atoms with Crippen LogP contribution >= 0.6 is 0 Å². The van der Waals surface area contributed by atoms with Crippen LogP contribution in [0.15, 0.2) is 42.5 Å². The van der Waals surface area contributed by atoms with Crippen LogP contribution in [0, 0.1) is 0 Å². The summed E-state index contributed by atoms with van der Waals surface area (Å²) in [5, 5.41) is 11.0. The summed E-state index contributed by atoms with van der Waals surface area (Å²) in [5.74, 6) is -0.0247. The largest absolute Gasteiger partial charge is 0.395 e. The molecule has 2 aromatic rings. The van der Waals surface area contributed by atoms with Crippen molar-refractivity contribution in [2.24, 2.45) is 0 Å². The first-order valence-electron chi connectivity index (χ1n) is 6.15. The van der Waals surface area contributed by atoms with E-state index in [4.69, 9.17) is 5.11 Å². The third-order valence-electron chi connectivity index (χ3n) is 3.06. The Hall–Kier alpha value is -1.87. The van der Waals surface area contributed by atoms with Gasteiger partial charge in [-0.25, -0.2) is 0 Å². The lowest BCUT2D eigenvalue weighted by atomic mass is 10.0. The lowest BCUT2D eigenvalue weighted by Gasteiger charge is -2.20. The highest BCUT2D eigenvalue weighted by Gasteiger charge is 2.15. The molecule has 0 bridgehead atoms. The van der Waals surface area contributed by atoms with Gasteiger partial charge in [-0.05, 0) is 23.8 Å². The second kappa shape index (κ2) is 5.65. The number of rotatable bonds is 4. The zero-order valence-corrected chi connectivity index (χ0v) is 10.5. The van der Waals surface area contributed by atoms with E-state index in [0.717, 1.165) is 10.8 Å². The predicted octanol–water partition coefficient (Wildman–Crippen LogP) is 2.29. The zero-order chi connectivity index (χ0) is 13.0. The second-order valence-corrected chi connectivity index (χ2v) is 4.14. The Balaban J connectivity index is 2.44. The molecule has 0 aromatic heterocycles. The van der Waals surface area contributed by atoms with Gasteiger partial charge in [-0.15, -0.1) is 0 Å². The number of hydrogen-bond acceptors (Lipinski definition) is 2. The average Bonchev–Trinajstić information content (AvgIpc) is 2.43. The molecule has 0 heterocycles. The number of fused-ring (bicyclic) bond motifs is 1. The van der Waals surface area contributed by atoms with Crippen molar-refractivity contribution in [3.8, 4) is 0 Å². The van der Waals surface area contributed by atoms with Crippen LogP contribution in [-0.2, 0) is 0 Å². The maximum absolute atomic E-state index is 12.4. The highest BCUT2D eigenvalue weighted by atomic mass is 16.3. The van der Waals surface area contributed by atoms with Gasteiger partial charge < -0.3 is 10.0 Å². The highest BCUT2D eigenvalue weighted by molar-refractivity contribution is 6.06. The van der Waals surface area contributed by atoms with Gasteiger partial charge in [0.1, 0.15) is 0 Å². The molecule has 0 radical (unpaired) electrons. The van der Waals surface area contributed by atoms with Crippen molar-refractivity contribution in [1.29, 1.82) is 0 Å². The smallest absolute Gasteiger partial charge is 0.254 e. The number of nitrogens with zero attached hydrogens (tertiary/aromatic N) is 1. The Morgan fingerprint density at radius 1 is 1.17 bits per heavy atom. The van der Waals surface area contributed by atoms with E-state index in [1.165, 1.54) is 0 Å². The molecule has 0 spiro atoms. The van der Waals surface area contributed by atoms with Crippen molar-refractivity contribution < 1.29 is 9.90 Å². The predicted molar refractivity (Wildman–Crippen MR) is 72.6 cm³/mol. The zero-order valence-electron chi connectivity index (χ0n) is 10.5. The standard InChI is InChI=1S/C15H17NO2/c1-2-16(10-11-17)15(18)14-9-5-7-12-6-3-4-8-13(12)14/h3-9,17H,2,10-11H2,1H3. The fourth-order valence-electron chi connectivity index (χ4n) is 2.11. The van der Waals surface area contributed by atoms with Crippen molar-refractivity contribution in [2.75, 3.05) is 19.7 Å². The molecule has 0 saturated carbocycles. The van der Waals surface area contributed by atoms with Crippen molar-refractivity contribution >= 4 is 16.7 Å². The van der Waals surface area contributed by atoms with Crippen LogP contribution in [0.5, 0.6) is 0 Å². The number of carbonyl (C=O) groups is 1. The van der Waals surface area contributed by atoms with Crippen LogP contribution in [0.4, 0.5) is 0 Å². The van der Waals surface area contributed by atoms with E-state index in [1.54, 1.807) is 4.90 Å². The molecule has 0 aliphatic carbocycles. The van der Waals surface area contributed by atoms with Gasteiger partial charge in [-0.1, -0.05) is 36.4 Å². The molecule has 0 unspecified atom stereocenters. The number of amides is 1. The van der Waals surface area contributed by atoms with E-state index >= 15 is 0 Å².